The number of aromatic nitrogens is 5. The van der Waals surface area contributed by atoms with Gasteiger partial charge in [0.1, 0.15) is 0 Å². The molecule has 3 aromatic rings. The quantitative estimate of drug-likeness (QED) is 0.672. The molecule has 0 aliphatic carbocycles. The van der Waals surface area contributed by atoms with E-state index in [1.807, 2.05) is 38.1 Å². The molecule has 1 atom stereocenters. The Hall–Kier alpha value is -2.61. The van der Waals surface area contributed by atoms with Crippen LogP contribution in [0.5, 0.6) is 0 Å². The van der Waals surface area contributed by atoms with Crippen molar-refractivity contribution in [2.75, 3.05) is 5.75 Å². The van der Waals surface area contributed by atoms with Crippen LogP contribution in [-0.4, -0.2) is 39.4 Å². The van der Waals surface area contributed by atoms with Gasteiger partial charge in [-0.2, -0.15) is 4.68 Å². The van der Waals surface area contributed by atoms with Crippen LogP contribution in [0.1, 0.15) is 25.5 Å². The third-order valence-electron chi connectivity index (χ3n) is 3.99. The van der Waals surface area contributed by atoms with Crippen molar-refractivity contribution in [2.24, 2.45) is 5.92 Å². The van der Waals surface area contributed by atoms with Crippen LogP contribution in [0.4, 0.5) is 0 Å². The van der Waals surface area contributed by atoms with Crippen molar-refractivity contribution in [1.29, 1.82) is 0 Å². The zero-order valence-electron chi connectivity index (χ0n) is 14.0. The van der Waals surface area contributed by atoms with E-state index in [2.05, 4.69) is 20.5 Å². The van der Waals surface area contributed by atoms with Gasteiger partial charge in [0.25, 0.3) is 5.16 Å². The largest absolute Gasteiger partial charge is 0.272 e. The molecule has 0 fully saturated rings. The second-order valence-electron chi connectivity index (χ2n) is 6.10. The Kier molecular flexibility index (Phi) is 4.89. The molecule has 0 aliphatic rings. The molecule has 25 heavy (non-hydrogen) atoms. The molecule has 0 radical (unpaired) electrons. The zero-order chi connectivity index (χ0) is 17.9. The smallest absolute Gasteiger partial charge is 0.261 e. The highest BCUT2D eigenvalue weighted by atomic mass is 32.2. The lowest BCUT2D eigenvalue weighted by molar-refractivity contribution is 0.507. The molecule has 0 aliphatic heterocycles. The molecule has 0 spiro atoms. The Bertz CT molecular complexity index is 924. The molecule has 0 saturated heterocycles. The molecular weight excluding hydrogens is 338 g/mol. The summed E-state index contributed by atoms with van der Waals surface area (Å²) in [6.45, 7) is 3.96. The lowest BCUT2D eigenvalue weighted by atomic mass is 9.94. The Morgan fingerprint density at radius 1 is 1.04 bits per heavy atom. The number of nitrogens with zero attached hydrogens (tertiary/aromatic N) is 5. The standard InChI is InChI=1S/C17H19N5O2S/c1-13(2)15(16-10-6-7-11-18-16)12-25(23,24)17-19-20-21-22(17)14-8-4-3-5-9-14/h3-11,13,15H,12H2,1-2H3. The monoisotopic (exact) mass is 357 g/mol. The first-order valence-electron chi connectivity index (χ1n) is 7.96. The summed E-state index contributed by atoms with van der Waals surface area (Å²) < 4.78 is 27.2. The highest BCUT2D eigenvalue weighted by Crippen LogP contribution is 2.27. The SMILES string of the molecule is CC(C)C(CS(=O)(=O)c1nnnn1-c1ccccc1)c1ccccn1. The van der Waals surface area contributed by atoms with Gasteiger partial charge < -0.3 is 0 Å². The van der Waals surface area contributed by atoms with Gasteiger partial charge in [0, 0.05) is 17.8 Å². The van der Waals surface area contributed by atoms with Crippen LogP contribution in [0.2, 0.25) is 0 Å². The van der Waals surface area contributed by atoms with E-state index in [4.69, 9.17) is 0 Å². The minimum absolute atomic E-state index is 0.102. The molecule has 0 N–H and O–H groups in total. The van der Waals surface area contributed by atoms with E-state index in [1.165, 1.54) is 4.68 Å². The predicted molar refractivity (Wildman–Crippen MR) is 93.0 cm³/mol. The number of tetrazole rings is 1. The summed E-state index contributed by atoms with van der Waals surface area (Å²) in [5.74, 6) is -0.243. The first kappa shape index (κ1) is 17.2. The third kappa shape index (κ3) is 3.74. The van der Waals surface area contributed by atoms with Gasteiger partial charge in [0.05, 0.1) is 11.4 Å². The number of hydrogen-bond acceptors (Lipinski definition) is 6. The van der Waals surface area contributed by atoms with Crippen LogP contribution in [0, 0.1) is 5.92 Å². The van der Waals surface area contributed by atoms with Crippen molar-refractivity contribution in [2.45, 2.75) is 24.9 Å². The van der Waals surface area contributed by atoms with Gasteiger partial charge in [-0.1, -0.05) is 43.2 Å². The predicted octanol–water partition coefficient (Wildman–Crippen LogP) is 2.27. The van der Waals surface area contributed by atoms with Crippen molar-refractivity contribution < 1.29 is 8.42 Å². The van der Waals surface area contributed by atoms with Crippen molar-refractivity contribution >= 4 is 9.84 Å². The highest BCUT2D eigenvalue weighted by molar-refractivity contribution is 7.91. The lowest BCUT2D eigenvalue weighted by Crippen LogP contribution is -2.22. The van der Waals surface area contributed by atoms with Crippen LogP contribution < -0.4 is 0 Å². The number of hydrogen-bond donors (Lipinski definition) is 0. The Morgan fingerprint density at radius 2 is 1.76 bits per heavy atom. The maximum atomic E-state index is 13.0. The Labute approximate surface area is 146 Å². The summed E-state index contributed by atoms with van der Waals surface area (Å²) >= 11 is 0. The molecule has 0 saturated carbocycles. The van der Waals surface area contributed by atoms with Crippen LogP contribution in [0.25, 0.3) is 5.69 Å². The molecule has 2 heterocycles. The van der Waals surface area contributed by atoms with E-state index in [0.29, 0.717) is 5.69 Å². The van der Waals surface area contributed by atoms with Crippen molar-refractivity contribution in [3.8, 4) is 5.69 Å². The van der Waals surface area contributed by atoms with Crippen molar-refractivity contribution in [3.63, 3.8) is 0 Å². The minimum atomic E-state index is -3.70. The van der Waals surface area contributed by atoms with Gasteiger partial charge >= 0.3 is 0 Å². The van der Waals surface area contributed by atoms with Gasteiger partial charge in [0.15, 0.2) is 0 Å². The molecule has 7 nitrogen and oxygen atoms in total. The van der Waals surface area contributed by atoms with Crippen LogP contribution in [0.3, 0.4) is 0 Å². The average molecular weight is 357 g/mol. The van der Waals surface area contributed by atoms with E-state index in [0.717, 1.165) is 5.69 Å². The Morgan fingerprint density at radius 3 is 2.40 bits per heavy atom. The fraction of sp³-hybridized carbons (Fsp3) is 0.294. The lowest BCUT2D eigenvalue weighted by Gasteiger charge is -2.19. The van der Waals surface area contributed by atoms with E-state index >= 15 is 0 Å². The molecule has 130 valence electrons. The maximum absolute atomic E-state index is 13.0. The topological polar surface area (TPSA) is 90.6 Å². The fourth-order valence-corrected chi connectivity index (χ4v) is 4.37. The number of para-hydroxylation sites is 1. The summed E-state index contributed by atoms with van der Waals surface area (Å²) in [5, 5.41) is 11.0. The zero-order valence-corrected chi connectivity index (χ0v) is 14.8. The van der Waals surface area contributed by atoms with E-state index in [1.54, 1.807) is 30.5 Å². The molecule has 8 heteroatoms. The van der Waals surface area contributed by atoms with E-state index in [-0.39, 0.29) is 22.7 Å². The van der Waals surface area contributed by atoms with Crippen molar-refractivity contribution in [3.05, 3.63) is 60.4 Å². The van der Waals surface area contributed by atoms with Crippen LogP contribution in [-0.2, 0) is 9.84 Å². The van der Waals surface area contributed by atoms with Gasteiger partial charge in [-0.25, -0.2) is 8.42 Å². The fourth-order valence-electron chi connectivity index (χ4n) is 2.63. The first-order chi connectivity index (χ1) is 12.0. The second kappa shape index (κ2) is 7.10. The number of benzene rings is 1. The second-order valence-corrected chi connectivity index (χ2v) is 8.02. The normalized spacial score (nSPS) is 13.1. The summed E-state index contributed by atoms with van der Waals surface area (Å²) in [4.78, 5) is 4.32. The summed E-state index contributed by atoms with van der Waals surface area (Å²) in [6, 6.07) is 14.5. The van der Waals surface area contributed by atoms with Gasteiger partial charge in [-0.05, 0) is 40.6 Å². The average Bonchev–Trinajstić information content (AvgIpc) is 3.12. The highest BCUT2D eigenvalue weighted by Gasteiger charge is 2.30. The van der Waals surface area contributed by atoms with Crippen molar-refractivity contribution in [1.82, 2.24) is 25.2 Å². The number of pyridine rings is 1. The minimum Gasteiger partial charge on any atom is -0.261 e. The number of sulfone groups is 1. The van der Waals surface area contributed by atoms with Gasteiger partial charge in [-0.15, -0.1) is 0 Å². The third-order valence-corrected chi connectivity index (χ3v) is 5.60. The van der Waals surface area contributed by atoms with Crippen LogP contribution >= 0.6 is 0 Å². The molecule has 0 amide bonds. The molecule has 2 aromatic heterocycles. The molecule has 1 aromatic carbocycles. The first-order valence-corrected chi connectivity index (χ1v) is 9.62. The maximum Gasteiger partial charge on any atom is 0.272 e. The van der Waals surface area contributed by atoms with Gasteiger partial charge in [0.2, 0.25) is 9.84 Å². The summed E-state index contributed by atoms with van der Waals surface area (Å²) in [5.41, 5.74) is 1.35. The Balaban J connectivity index is 1.96. The summed E-state index contributed by atoms with van der Waals surface area (Å²) in [7, 11) is -3.70. The molecule has 1 unspecified atom stereocenters. The molecule has 0 bridgehead atoms. The molecular formula is C17H19N5O2S. The van der Waals surface area contributed by atoms with Crippen LogP contribution in [0.15, 0.2) is 59.9 Å². The van der Waals surface area contributed by atoms with E-state index < -0.39 is 9.84 Å². The number of rotatable bonds is 6. The van der Waals surface area contributed by atoms with Gasteiger partial charge in [-0.3, -0.25) is 4.98 Å². The molecule has 3 rings (SSSR count). The summed E-state index contributed by atoms with van der Waals surface area (Å²) in [6.07, 6.45) is 1.67. The van der Waals surface area contributed by atoms with E-state index in [9.17, 15) is 8.42 Å².